The van der Waals surface area contributed by atoms with Crippen LogP contribution in [0, 0.1) is 0 Å². The molecule has 1 aromatic carbocycles. The second kappa shape index (κ2) is 9.42. The van der Waals surface area contributed by atoms with Gasteiger partial charge in [0.2, 0.25) is 0 Å². The Morgan fingerprint density at radius 3 is 2.72 bits per heavy atom. The number of ether oxygens (including phenoxy) is 2. The molecule has 2 rings (SSSR count). The van der Waals surface area contributed by atoms with Crippen molar-refractivity contribution in [2.75, 3.05) is 13.7 Å². The second-order valence-corrected chi connectivity index (χ2v) is 5.51. The van der Waals surface area contributed by atoms with Gasteiger partial charge in [0.15, 0.2) is 0 Å². The first-order valence-corrected chi connectivity index (χ1v) is 8.23. The van der Waals surface area contributed by atoms with Gasteiger partial charge < -0.3 is 14.8 Å². The quantitative estimate of drug-likeness (QED) is 0.611. The van der Waals surface area contributed by atoms with Gasteiger partial charge in [-0.05, 0) is 30.2 Å². The number of aromatic nitrogens is 1. The van der Waals surface area contributed by atoms with Crippen LogP contribution >= 0.6 is 0 Å². The van der Waals surface area contributed by atoms with E-state index in [-0.39, 0.29) is 0 Å². The highest BCUT2D eigenvalue weighted by Gasteiger charge is 2.09. The average molecular weight is 342 g/mol. The number of benzene rings is 1. The van der Waals surface area contributed by atoms with E-state index in [0.717, 1.165) is 30.4 Å². The lowest BCUT2D eigenvalue weighted by molar-refractivity contribution is 0.0600. The molecule has 25 heavy (non-hydrogen) atoms. The molecule has 0 saturated heterocycles. The molecule has 1 N–H and O–H groups in total. The lowest BCUT2D eigenvalue weighted by atomic mass is 10.1. The Morgan fingerprint density at radius 2 is 1.96 bits per heavy atom. The molecule has 6 heteroatoms. The zero-order valence-electron chi connectivity index (χ0n) is 14.5. The number of nitrogens with zero attached hydrogens (tertiary/aromatic N) is 1. The Balaban J connectivity index is 2.06. The Morgan fingerprint density at radius 1 is 1.12 bits per heavy atom. The molecule has 0 radical (unpaired) electrons. The molecule has 0 unspecified atom stereocenters. The highest BCUT2D eigenvalue weighted by Crippen LogP contribution is 2.24. The van der Waals surface area contributed by atoms with Gasteiger partial charge in [-0.25, -0.2) is 9.59 Å². The summed E-state index contributed by atoms with van der Waals surface area (Å²) < 4.78 is 10.00. The van der Waals surface area contributed by atoms with Gasteiger partial charge in [-0.2, -0.15) is 0 Å². The van der Waals surface area contributed by atoms with Crippen molar-refractivity contribution in [2.45, 2.75) is 26.2 Å². The minimum absolute atomic E-state index is 0.361. The van der Waals surface area contributed by atoms with Crippen molar-refractivity contribution >= 4 is 12.1 Å². The molecule has 1 amide bonds. The normalized spacial score (nSPS) is 10.2. The maximum absolute atomic E-state index is 11.8. The molecular weight excluding hydrogens is 320 g/mol. The Labute approximate surface area is 147 Å². The van der Waals surface area contributed by atoms with Crippen molar-refractivity contribution in [1.82, 2.24) is 10.3 Å². The van der Waals surface area contributed by atoms with E-state index in [2.05, 4.69) is 17.2 Å². The molecule has 0 fully saturated rings. The molecule has 0 saturated carbocycles. The van der Waals surface area contributed by atoms with Crippen LogP contribution in [-0.2, 0) is 4.74 Å². The Hall–Kier alpha value is -2.89. The van der Waals surface area contributed by atoms with Gasteiger partial charge in [0.1, 0.15) is 5.75 Å². The van der Waals surface area contributed by atoms with Crippen molar-refractivity contribution in [3.8, 4) is 16.9 Å². The molecule has 0 aliphatic rings. The maximum atomic E-state index is 11.8. The zero-order valence-corrected chi connectivity index (χ0v) is 14.5. The van der Waals surface area contributed by atoms with E-state index in [9.17, 15) is 9.59 Å². The smallest absolute Gasteiger partial charge is 0.412 e. The van der Waals surface area contributed by atoms with Gasteiger partial charge >= 0.3 is 12.1 Å². The number of methoxy groups -OCH3 is 1. The maximum Gasteiger partial charge on any atom is 0.412 e. The second-order valence-electron chi connectivity index (χ2n) is 5.51. The van der Waals surface area contributed by atoms with Crippen molar-refractivity contribution in [3.63, 3.8) is 0 Å². The van der Waals surface area contributed by atoms with Crippen LogP contribution in [0.15, 0.2) is 42.7 Å². The summed E-state index contributed by atoms with van der Waals surface area (Å²) in [6, 6.07) is 8.74. The van der Waals surface area contributed by atoms with E-state index in [0.29, 0.717) is 17.9 Å². The van der Waals surface area contributed by atoms with Crippen LogP contribution in [0.1, 0.15) is 36.5 Å². The van der Waals surface area contributed by atoms with Crippen molar-refractivity contribution in [1.29, 1.82) is 0 Å². The van der Waals surface area contributed by atoms with Crippen LogP contribution in [0.3, 0.4) is 0 Å². The number of rotatable bonds is 7. The summed E-state index contributed by atoms with van der Waals surface area (Å²) in [4.78, 5) is 27.5. The fourth-order valence-electron chi connectivity index (χ4n) is 2.28. The van der Waals surface area contributed by atoms with Crippen molar-refractivity contribution in [2.24, 2.45) is 0 Å². The third-order valence-electron chi connectivity index (χ3n) is 3.59. The minimum Gasteiger partial charge on any atom is -0.465 e. The molecule has 1 aromatic heterocycles. The Bertz CT molecular complexity index is 731. The predicted octanol–water partition coefficient (Wildman–Crippen LogP) is 3.81. The third kappa shape index (κ3) is 5.60. The summed E-state index contributed by atoms with van der Waals surface area (Å²) in [6.45, 7) is 2.70. The molecule has 0 atom stereocenters. The SMILES string of the molecule is CCCCCNC(=O)Oc1cccc(-c2cncc(C(=O)OC)c2)c1. The number of carbonyl (C=O) groups is 2. The van der Waals surface area contributed by atoms with E-state index in [4.69, 9.17) is 9.47 Å². The Kier molecular flexibility index (Phi) is 6.95. The number of amides is 1. The van der Waals surface area contributed by atoms with E-state index in [1.807, 2.05) is 6.07 Å². The number of carbonyl (C=O) groups excluding carboxylic acids is 2. The molecule has 0 spiro atoms. The molecule has 2 aromatic rings. The zero-order chi connectivity index (χ0) is 18.1. The van der Waals surface area contributed by atoms with Gasteiger partial charge in [0.25, 0.3) is 0 Å². The van der Waals surface area contributed by atoms with E-state index in [1.165, 1.54) is 13.3 Å². The van der Waals surface area contributed by atoms with E-state index >= 15 is 0 Å². The number of nitrogens with one attached hydrogen (secondary N) is 1. The summed E-state index contributed by atoms with van der Waals surface area (Å²) in [5, 5.41) is 2.72. The van der Waals surface area contributed by atoms with Crippen LogP contribution in [0.25, 0.3) is 11.1 Å². The van der Waals surface area contributed by atoms with Crippen molar-refractivity contribution < 1.29 is 19.1 Å². The standard InChI is InChI=1S/C19H22N2O4/c1-3-4-5-9-21-19(23)25-17-8-6-7-14(11-17)15-10-16(13-20-12-15)18(22)24-2/h6-8,10-13H,3-5,9H2,1-2H3,(H,21,23). The number of unbranched alkanes of at least 4 members (excludes halogenated alkanes) is 2. The first kappa shape index (κ1) is 18.4. The summed E-state index contributed by atoms with van der Waals surface area (Å²) in [5.41, 5.74) is 1.88. The van der Waals surface area contributed by atoms with Crippen LogP contribution in [0.4, 0.5) is 4.79 Å². The lowest BCUT2D eigenvalue weighted by Crippen LogP contribution is -2.27. The summed E-state index contributed by atoms with van der Waals surface area (Å²) in [7, 11) is 1.32. The fourth-order valence-corrected chi connectivity index (χ4v) is 2.28. The minimum atomic E-state index is -0.477. The summed E-state index contributed by atoms with van der Waals surface area (Å²) in [6.07, 6.45) is 5.69. The first-order chi connectivity index (χ1) is 12.1. The van der Waals surface area contributed by atoms with Crippen LogP contribution in [0.5, 0.6) is 5.75 Å². The molecular formula is C19H22N2O4. The van der Waals surface area contributed by atoms with E-state index in [1.54, 1.807) is 30.5 Å². The van der Waals surface area contributed by atoms with E-state index < -0.39 is 12.1 Å². The number of pyridine rings is 1. The number of esters is 1. The van der Waals surface area contributed by atoms with Gasteiger partial charge in [0.05, 0.1) is 12.7 Å². The largest absolute Gasteiger partial charge is 0.465 e. The van der Waals surface area contributed by atoms with Crippen LogP contribution < -0.4 is 10.1 Å². The molecule has 0 bridgehead atoms. The number of hydrogen-bond acceptors (Lipinski definition) is 5. The monoisotopic (exact) mass is 342 g/mol. The first-order valence-electron chi connectivity index (χ1n) is 8.23. The average Bonchev–Trinajstić information content (AvgIpc) is 2.65. The summed E-state index contributed by atoms with van der Waals surface area (Å²) in [5.74, 6) is -0.0258. The van der Waals surface area contributed by atoms with Crippen LogP contribution in [0.2, 0.25) is 0 Å². The van der Waals surface area contributed by atoms with Crippen molar-refractivity contribution in [3.05, 3.63) is 48.3 Å². The van der Waals surface area contributed by atoms with Gasteiger partial charge in [-0.1, -0.05) is 31.9 Å². The van der Waals surface area contributed by atoms with Gasteiger partial charge in [-0.15, -0.1) is 0 Å². The fraction of sp³-hybridized carbons (Fsp3) is 0.316. The number of hydrogen-bond donors (Lipinski definition) is 1. The lowest BCUT2D eigenvalue weighted by Gasteiger charge is -2.08. The topological polar surface area (TPSA) is 77.5 Å². The molecule has 0 aliphatic carbocycles. The summed E-state index contributed by atoms with van der Waals surface area (Å²) >= 11 is 0. The van der Waals surface area contributed by atoms with Gasteiger partial charge in [-0.3, -0.25) is 4.98 Å². The third-order valence-corrected chi connectivity index (χ3v) is 3.59. The molecule has 132 valence electrons. The predicted molar refractivity (Wildman–Crippen MR) is 94.6 cm³/mol. The molecule has 1 heterocycles. The molecule has 0 aliphatic heterocycles. The highest BCUT2D eigenvalue weighted by atomic mass is 16.6. The van der Waals surface area contributed by atoms with Gasteiger partial charge in [0, 0.05) is 24.5 Å². The van der Waals surface area contributed by atoms with Crippen LogP contribution in [-0.4, -0.2) is 30.7 Å². The molecule has 6 nitrogen and oxygen atoms in total. The highest BCUT2D eigenvalue weighted by molar-refractivity contribution is 5.90.